The second-order valence-corrected chi connectivity index (χ2v) is 6.61. The molecule has 122 valence electrons. The summed E-state index contributed by atoms with van der Waals surface area (Å²) >= 11 is 6.76. The van der Waals surface area contributed by atoms with Gasteiger partial charge < -0.3 is 5.32 Å². The van der Waals surface area contributed by atoms with Gasteiger partial charge in [0.15, 0.2) is 5.11 Å². The van der Waals surface area contributed by atoms with E-state index in [1.807, 2.05) is 19.1 Å². The van der Waals surface area contributed by atoms with E-state index in [0.717, 1.165) is 35.6 Å². The lowest BCUT2D eigenvalue weighted by molar-refractivity contribution is 0.586. The fourth-order valence-corrected chi connectivity index (χ4v) is 2.96. The van der Waals surface area contributed by atoms with Gasteiger partial charge in [0.2, 0.25) is 0 Å². The number of nitrogens with zero attached hydrogens (tertiary/aromatic N) is 1. The van der Waals surface area contributed by atoms with Gasteiger partial charge in [0.1, 0.15) is 11.6 Å². The number of benzene rings is 1. The SMILES string of the molecule is CCC/C(=N/NC(=S)Nc1ccc(F)cc1F)c1ccc(C)s1. The molecule has 3 nitrogen and oxygen atoms in total. The quantitative estimate of drug-likeness (QED) is 0.459. The molecule has 0 spiro atoms. The zero-order valence-corrected chi connectivity index (χ0v) is 14.5. The van der Waals surface area contributed by atoms with Gasteiger partial charge in [-0.3, -0.25) is 5.43 Å². The highest BCUT2D eigenvalue weighted by atomic mass is 32.1. The van der Waals surface area contributed by atoms with E-state index in [-0.39, 0.29) is 10.8 Å². The van der Waals surface area contributed by atoms with Gasteiger partial charge >= 0.3 is 0 Å². The first kappa shape index (κ1) is 17.5. The van der Waals surface area contributed by atoms with Crippen LogP contribution in [0.25, 0.3) is 0 Å². The Kier molecular flexibility index (Phi) is 6.18. The normalized spacial score (nSPS) is 11.4. The van der Waals surface area contributed by atoms with Crippen molar-refractivity contribution in [2.45, 2.75) is 26.7 Å². The lowest BCUT2D eigenvalue weighted by atomic mass is 10.2. The Morgan fingerprint density at radius 3 is 2.65 bits per heavy atom. The van der Waals surface area contributed by atoms with E-state index in [1.165, 1.54) is 10.9 Å². The Morgan fingerprint density at radius 1 is 1.26 bits per heavy atom. The van der Waals surface area contributed by atoms with Crippen molar-refractivity contribution in [2.24, 2.45) is 5.10 Å². The molecule has 2 N–H and O–H groups in total. The first-order valence-corrected chi connectivity index (χ1v) is 8.37. The largest absolute Gasteiger partial charge is 0.329 e. The van der Waals surface area contributed by atoms with Gasteiger partial charge in [-0.1, -0.05) is 13.3 Å². The molecule has 23 heavy (non-hydrogen) atoms. The number of anilines is 1. The van der Waals surface area contributed by atoms with E-state index in [2.05, 4.69) is 22.8 Å². The zero-order chi connectivity index (χ0) is 16.8. The van der Waals surface area contributed by atoms with Crippen molar-refractivity contribution in [3.8, 4) is 0 Å². The number of hydrogen-bond acceptors (Lipinski definition) is 3. The molecule has 1 aromatic carbocycles. The lowest BCUT2D eigenvalue weighted by Crippen LogP contribution is -2.25. The summed E-state index contributed by atoms with van der Waals surface area (Å²) in [5.41, 5.74) is 3.72. The van der Waals surface area contributed by atoms with Crippen LogP contribution >= 0.6 is 23.6 Å². The van der Waals surface area contributed by atoms with E-state index in [0.29, 0.717) is 0 Å². The van der Waals surface area contributed by atoms with Gasteiger partial charge in [-0.05, 0) is 49.8 Å². The van der Waals surface area contributed by atoms with Crippen LogP contribution in [0.4, 0.5) is 14.5 Å². The maximum atomic E-state index is 13.6. The summed E-state index contributed by atoms with van der Waals surface area (Å²) in [7, 11) is 0. The van der Waals surface area contributed by atoms with Crippen molar-refractivity contribution < 1.29 is 8.78 Å². The third-order valence-electron chi connectivity index (χ3n) is 2.98. The topological polar surface area (TPSA) is 36.4 Å². The molecular formula is C16H17F2N3S2. The Hall–Kier alpha value is -1.86. The standard InChI is InChI=1S/C16H17F2N3S2/c1-3-4-14(15-8-5-10(2)23-15)20-21-16(22)19-13-7-6-11(17)9-12(13)18/h5-9H,3-4H2,1-2H3,(H2,19,21,22)/b20-14-. The molecule has 0 saturated heterocycles. The molecule has 7 heteroatoms. The summed E-state index contributed by atoms with van der Waals surface area (Å²) in [4.78, 5) is 2.28. The van der Waals surface area contributed by atoms with E-state index in [4.69, 9.17) is 12.2 Å². The predicted molar refractivity (Wildman–Crippen MR) is 96.2 cm³/mol. The van der Waals surface area contributed by atoms with Crippen molar-refractivity contribution in [3.63, 3.8) is 0 Å². The number of rotatable bonds is 5. The van der Waals surface area contributed by atoms with Crippen molar-refractivity contribution in [3.05, 3.63) is 51.7 Å². The van der Waals surface area contributed by atoms with Crippen LogP contribution in [0.2, 0.25) is 0 Å². The van der Waals surface area contributed by atoms with Crippen molar-refractivity contribution in [2.75, 3.05) is 5.32 Å². The average molecular weight is 353 g/mol. The predicted octanol–water partition coefficient (Wildman–Crippen LogP) is 4.83. The van der Waals surface area contributed by atoms with Crippen LogP contribution in [0, 0.1) is 18.6 Å². The molecule has 0 fully saturated rings. The molecule has 0 amide bonds. The van der Waals surface area contributed by atoms with Crippen molar-refractivity contribution in [1.29, 1.82) is 0 Å². The molecule has 2 aromatic rings. The molecule has 0 unspecified atom stereocenters. The molecule has 0 saturated carbocycles. The highest BCUT2D eigenvalue weighted by Gasteiger charge is 2.08. The molecule has 1 heterocycles. The van der Waals surface area contributed by atoms with Gasteiger partial charge in [0.05, 0.1) is 16.3 Å². The Labute approximate surface area is 143 Å². The van der Waals surface area contributed by atoms with Gasteiger partial charge in [-0.2, -0.15) is 5.10 Å². The van der Waals surface area contributed by atoms with E-state index in [1.54, 1.807) is 11.3 Å². The van der Waals surface area contributed by atoms with Gasteiger partial charge in [-0.15, -0.1) is 11.3 Å². The Balaban J connectivity index is 2.05. The monoisotopic (exact) mass is 353 g/mol. The average Bonchev–Trinajstić information content (AvgIpc) is 2.93. The van der Waals surface area contributed by atoms with Crippen LogP contribution in [0.3, 0.4) is 0 Å². The minimum atomic E-state index is -0.708. The molecule has 0 aliphatic rings. The molecule has 0 radical (unpaired) electrons. The molecular weight excluding hydrogens is 336 g/mol. The zero-order valence-electron chi connectivity index (χ0n) is 12.8. The van der Waals surface area contributed by atoms with Crippen molar-refractivity contribution >= 4 is 40.1 Å². The summed E-state index contributed by atoms with van der Waals surface area (Å²) < 4.78 is 26.5. The summed E-state index contributed by atoms with van der Waals surface area (Å²) in [6.07, 6.45) is 1.75. The molecule has 2 rings (SSSR count). The van der Waals surface area contributed by atoms with Crippen molar-refractivity contribution in [1.82, 2.24) is 5.43 Å². The van der Waals surface area contributed by atoms with E-state index in [9.17, 15) is 8.78 Å². The summed E-state index contributed by atoms with van der Waals surface area (Å²) in [5.74, 6) is -1.34. The van der Waals surface area contributed by atoms with Crippen LogP contribution in [0.5, 0.6) is 0 Å². The van der Waals surface area contributed by atoms with Crippen LogP contribution in [0.15, 0.2) is 35.4 Å². The number of nitrogens with one attached hydrogen (secondary N) is 2. The highest BCUT2D eigenvalue weighted by molar-refractivity contribution is 7.80. The smallest absolute Gasteiger partial charge is 0.191 e. The first-order valence-electron chi connectivity index (χ1n) is 7.15. The number of hydrazone groups is 1. The molecule has 0 atom stereocenters. The Morgan fingerprint density at radius 2 is 2.04 bits per heavy atom. The number of thiocarbonyl (C=S) groups is 1. The number of halogens is 2. The minimum absolute atomic E-state index is 0.100. The van der Waals surface area contributed by atoms with E-state index < -0.39 is 11.6 Å². The lowest BCUT2D eigenvalue weighted by Gasteiger charge is -2.09. The second-order valence-electron chi connectivity index (χ2n) is 4.91. The molecule has 0 aliphatic heterocycles. The molecule has 0 aliphatic carbocycles. The van der Waals surface area contributed by atoms with Crippen LogP contribution in [-0.2, 0) is 0 Å². The molecule has 1 aromatic heterocycles. The first-order chi connectivity index (χ1) is 11.0. The summed E-state index contributed by atoms with van der Waals surface area (Å²) in [6, 6.07) is 7.30. The fraction of sp³-hybridized carbons (Fsp3) is 0.250. The molecule has 0 bridgehead atoms. The number of aryl methyl sites for hydroxylation is 1. The maximum Gasteiger partial charge on any atom is 0.191 e. The number of thiophene rings is 1. The van der Waals surface area contributed by atoms with Gasteiger partial charge in [-0.25, -0.2) is 8.78 Å². The Bertz CT molecular complexity index is 726. The number of hydrogen-bond donors (Lipinski definition) is 2. The third kappa shape index (κ3) is 5.07. The van der Waals surface area contributed by atoms with Crippen LogP contribution in [-0.4, -0.2) is 10.8 Å². The maximum absolute atomic E-state index is 13.6. The fourth-order valence-electron chi connectivity index (χ4n) is 1.92. The van der Waals surface area contributed by atoms with E-state index >= 15 is 0 Å². The van der Waals surface area contributed by atoms with Crippen LogP contribution < -0.4 is 10.7 Å². The highest BCUT2D eigenvalue weighted by Crippen LogP contribution is 2.18. The second kappa shape index (κ2) is 8.12. The van der Waals surface area contributed by atoms with Gasteiger partial charge in [0, 0.05) is 10.9 Å². The summed E-state index contributed by atoms with van der Waals surface area (Å²) in [5, 5.41) is 7.13. The third-order valence-corrected chi connectivity index (χ3v) is 4.23. The summed E-state index contributed by atoms with van der Waals surface area (Å²) in [6.45, 7) is 4.11. The van der Waals surface area contributed by atoms with Gasteiger partial charge in [0.25, 0.3) is 0 Å². The minimum Gasteiger partial charge on any atom is -0.329 e. The van der Waals surface area contributed by atoms with Crippen LogP contribution in [0.1, 0.15) is 29.5 Å².